The SMILES string of the molecule is CCCNCC(=O)NCCCC(=O)O. The van der Waals surface area contributed by atoms with Crippen molar-refractivity contribution in [2.24, 2.45) is 0 Å². The quantitative estimate of drug-likeness (QED) is 0.483. The van der Waals surface area contributed by atoms with Crippen molar-refractivity contribution in [3.63, 3.8) is 0 Å². The van der Waals surface area contributed by atoms with Crippen LogP contribution < -0.4 is 10.6 Å². The average molecular weight is 202 g/mol. The Hall–Kier alpha value is -1.10. The van der Waals surface area contributed by atoms with Gasteiger partial charge in [0.1, 0.15) is 0 Å². The molecule has 3 N–H and O–H groups in total. The number of aliphatic carboxylic acids is 1. The molecule has 0 atom stereocenters. The molecule has 0 heterocycles. The molecule has 0 aromatic carbocycles. The van der Waals surface area contributed by atoms with Gasteiger partial charge in [-0.2, -0.15) is 0 Å². The van der Waals surface area contributed by atoms with Gasteiger partial charge in [0.25, 0.3) is 0 Å². The molecule has 0 spiro atoms. The number of nitrogens with one attached hydrogen (secondary N) is 2. The Bertz CT molecular complexity index is 183. The molecule has 0 aliphatic carbocycles. The molecule has 0 aromatic rings. The van der Waals surface area contributed by atoms with Crippen LogP contribution in [-0.2, 0) is 9.59 Å². The van der Waals surface area contributed by atoms with Gasteiger partial charge in [-0.1, -0.05) is 6.92 Å². The third-order valence-electron chi connectivity index (χ3n) is 1.60. The highest BCUT2D eigenvalue weighted by Crippen LogP contribution is 1.85. The predicted octanol–water partition coefficient (Wildman–Crippen LogP) is -0.0330. The molecule has 5 heteroatoms. The summed E-state index contributed by atoms with van der Waals surface area (Å²) in [5, 5.41) is 13.9. The summed E-state index contributed by atoms with van der Waals surface area (Å²) < 4.78 is 0. The molecule has 0 saturated carbocycles. The third-order valence-corrected chi connectivity index (χ3v) is 1.60. The van der Waals surface area contributed by atoms with Gasteiger partial charge in [0.15, 0.2) is 0 Å². The Morgan fingerprint density at radius 3 is 2.57 bits per heavy atom. The maximum atomic E-state index is 11.0. The number of carbonyl (C=O) groups excluding carboxylic acids is 1. The van der Waals surface area contributed by atoms with Crippen LogP contribution in [-0.4, -0.2) is 36.6 Å². The number of carboxylic acids is 1. The van der Waals surface area contributed by atoms with Gasteiger partial charge >= 0.3 is 5.97 Å². The molecule has 0 aliphatic rings. The van der Waals surface area contributed by atoms with E-state index in [1.165, 1.54) is 0 Å². The zero-order valence-electron chi connectivity index (χ0n) is 8.51. The first-order valence-electron chi connectivity index (χ1n) is 4.86. The van der Waals surface area contributed by atoms with E-state index in [1.807, 2.05) is 6.92 Å². The van der Waals surface area contributed by atoms with E-state index >= 15 is 0 Å². The molecule has 0 aromatic heterocycles. The normalized spacial score (nSPS) is 9.79. The van der Waals surface area contributed by atoms with Crippen LogP contribution in [0, 0.1) is 0 Å². The first kappa shape index (κ1) is 12.9. The van der Waals surface area contributed by atoms with Crippen molar-refractivity contribution in [1.82, 2.24) is 10.6 Å². The van der Waals surface area contributed by atoms with Gasteiger partial charge in [-0.3, -0.25) is 9.59 Å². The van der Waals surface area contributed by atoms with E-state index in [-0.39, 0.29) is 12.3 Å². The van der Waals surface area contributed by atoms with E-state index in [0.717, 1.165) is 13.0 Å². The second kappa shape index (κ2) is 8.50. The van der Waals surface area contributed by atoms with E-state index in [4.69, 9.17) is 5.11 Å². The summed E-state index contributed by atoms with van der Waals surface area (Å²) in [7, 11) is 0. The fraction of sp³-hybridized carbons (Fsp3) is 0.778. The van der Waals surface area contributed by atoms with Gasteiger partial charge in [-0.15, -0.1) is 0 Å². The molecular formula is C9H18N2O3. The summed E-state index contributed by atoms with van der Waals surface area (Å²) in [6, 6.07) is 0. The number of hydrogen-bond donors (Lipinski definition) is 3. The van der Waals surface area contributed by atoms with Crippen molar-refractivity contribution in [2.75, 3.05) is 19.6 Å². The van der Waals surface area contributed by atoms with Crippen LogP contribution in [0.2, 0.25) is 0 Å². The van der Waals surface area contributed by atoms with Crippen LogP contribution in [0.25, 0.3) is 0 Å². The van der Waals surface area contributed by atoms with Crippen LogP contribution >= 0.6 is 0 Å². The minimum absolute atomic E-state index is 0.0798. The maximum Gasteiger partial charge on any atom is 0.303 e. The first-order valence-corrected chi connectivity index (χ1v) is 4.86. The number of carboxylic acid groups (broad SMARTS) is 1. The lowest BCUT2D eigenvalue weighted by atomic mass is 10.3. The zero-order valence-corrected chi connectivity index (χ0v) is 8.51. The van der Waals surface area contributed by atoms with Crippen molar-refractivity contribution >= 4 is 11.9 Å². The molecule has 0 fully saturated rings. The van der Waals surface area contributed by atoms with Crippen molar-refractivity contribution in [3.05, 3.63) is 0 Å². The molecule has 0 rings (SSSR count). The van der Waals surface area contributed by atoms with Crippen LogP contribution in [0.15, 0.2) is 0 Å². The minimum Gasteiger partial charge on any atom is -0.481 e. The van der Waals surface area contributed by atoms with Crippen molar-refractivity contribution < 1.29 is 14.7 Å². The minimum atomic E-state index is -0.830. The topological polar surface area (TPSA) is 78.4 Å². The highest BCUT2D eigenvalue weighted by Gasteiger charge is 2.00. The van der Waals surface area contributed by atoms with Crippen LogP contribution in [0.1, 0.15) is 26.2 Å². The Morgan fingerprint density at radius 1 is 1.29 bits per heavy atom. The standard InChI is InChI=1S/C9H18N2O3/c1-2-5-10-7-8(12)11-6-3-4-9(13)14/h10H,2-7H2,1H3,(H,11,12)(H,13,14). The molecule has 0 unspecified atom stereocenters. The van der Waals surface area contributed by atoms with E-state index in [0.29, 0.717) is 19.5 Å². The maximum absolute atomic E-state index is 11.0. The van der Waals surface area contributed by atoms with Gasteiger partial charge in [-0.25, -0.2) is 0 Å². The van der Waals surface area contributed by atoms with Crippen molar-refractivity contribution in [1.29, 1.82) is 0 Å². The molecule has 5 nitrogen and oxygen atoms in total. The fourth-order valence-electron chi connectivity index (χ4n) is 0.909. The molecule has 0 bridgehead atoms. The lowest BCUT2D eigenvalue weighted by Crippen LogP contribution is -2.34. The van der Waals surface area contributed by atoms with Gasteiger partial charge in [-0.05, 0) is 19.4 Å². The molecule has 82 valence electrons. The van der Waals surface area contributed by atoms with E-state index in [9.17, 15) is 9.59 Å². The Morgan fingerprint density at radius 2 is 2.00 bits per heavy atom. The van der Waals surface area contributed by atoms with Crippen molar-refractivity contribution in [3.8, 4) is 0 Å². The highest BCUT2D eigenvalue weighted by atomic mass is 16.4. The Balaban J connectivity index is 3.22. The fourth-order valence-corrected chi connectivity index (χ4v) is 0.909. The van der Waals surface area contributed by atoms with E-state index in [1.54, 1.807) is 0 Å². The number of carbonyl (C=O) groups is 2. The van der Waals surface area contributed by atoms with Gasteiger partial charge < -0.3 is 15.7 Å². The monoisotopic (exact) mass is 202 g/mol. The van der Waals surface area contributed by atoms with Gasteiger partial charge in [0.05, 0.1) is 6.54 Å². The Kier molecular flexibility index (Phi) is 7.83. The predicted molar refractivity (Wildman–Crippen MR) is 53.0 cm³/mol. The largest absolute Gasteiger partial charge is 0.481 e. The van der Waals surface area contributed by atoms with Crippen LogP contribution in [0.3, 0.4) is 0 Å². The molecule has 0 radical (unpaired) electrons. The van der Waals surface area contributed by atoms with E-state index in [2.05, 4.69) is 10.6 Å². The highest BCUT2D eigenvalue weighted by molar-refractivity contribution is 5.78. The molecular weight excluding hydrogens is 184 g/mol. The second-order valence-corrected chi connectivity index (χ2v) is 3.02. The van der Waals surface area contributed by atoms with Gasteiger partial charge in [0, 0.05) is 13.0 Å². The third kappa shape index (κ3) is 8.99. The molecule has 14 heavy (non-hydrogen) atoms. The zero-order chi connectivity index (χ0) is 10.8. The van der Waals surface area contributed by atoms with E-state index < -0.39 is 5.97 Å². The Labute approximate surface area is 83.9 Å². The van der Waals surface area contributed by atoms with Gasteiger partial charge in [0.2, 0.25) is 5.91 Å². The first-order chi connectivity index (χ1) is 6.66. The summed E-state index contributed by atoms with van der Waals surface area (Å²) in [4.78, 5) is 21.2. The average Bonchev–Trinajstić information content (AvgIpc) is 2.13. The number of hydrogen-bond acceptors (Lipinski definition) is 3. The van der Waals surface area contributed by atoms with Crippen LogP contribution in [0.4, 0.5) is 0 Å². The summed E-state index contributed by atoms with van der Waals surface area (Å²) in [5.41, 5.74) is 0. The number of amides is 1. The molecule has 1 amide bonds. The molecule has 0 aliphatic heterocycles. The van der Waals surface area contributed by atoms with Crippen LogP contribution in [0.5, 0.6) is 0 Å². The summed E-state index contributed by atoms with van der Waals surface area (Å²) in [6.07, 6.45) is 1.57. The smallest absolute Gasteiger partial charge is 0.303 e. The summed E-state index contributed by atoms with van der Waals surface area (Å²) >= 11 is 0. The van der Waals surface area contributed by atoms with Crippen molar-refractivity contribution in [2.45, 2.75) is 26.2 Å². The lowest BCUT2D eigenvalue weighted by molar-refractivity contribution is -0.137. The summed E-state index contributed by atoms with van der Waals surface area (Å²) in [5.74, 6) is -0.910. The second-order valence-electron chi connectivity index (χ2n) is 3.02. The number of rotatable bonds is 8. The summed E-state index contributed by atoms with van der Waals surface area (Å²) in [6.45, 7) is 3.58. The lowest BCUT2D eigenvalue weighted by Gasteiger charge is -2.04. The molecule has 0 saturated heterocycles.